The molecule has 2 heterocycles. The van der Waals surface area contributed by atoms with Crippen LogP contribution in [0.5, 0.6) is 0 Å². The molecule has 2 aromatic heterocycles. The van der Waals surface area contributed by atoms with E-state index in [1.165, 1.54) is 26.2 Å². The number of carbonyl (C=O) groups excluding carboxylic acids is 2. The van der Waals surface area contributed by atoms with Gasteiger partial charge >= 0.3 is 12.1 Å². The maximum absolute atomic E-state index is 11.1. The number of rotatable bonds is 3. The summed E-state index contributed by atoms with van der Waals surface area (Å²) in [7, 11) is 2.96. The standard InChI is InChI=1S/C8H12N4O2.C7H10N4O2/c1-3-5-4-6(13)11-7(10-5)12-8(14)9-2;1-4-3-5(12)10-6(9-4)11-7(13)8-2/h4H,3H2,1-2H3,(H3,9,10,11,12,13,14);3H,1-2H3,(H3,8,9,10,11,12,13). The highest BCUT2D eigenvalue weighted by Gasteiger charge is 2.03. The predicted molar refractivity (Wildman–Crippen MR) is 100.0 cm³/mol. The molecule has 0 bridgehead atoms. The van der Waals surface area contributed by atoms with Gasteiger partial charge in [0.25, 0.3) is 11.1 Å². The Balaban J connectivity index is 0.000000271. The van der Waals surface area contributed by atoms with Gasteiger partial charge in [0.05, 0.1) is 0 Å². The van der Waals surface area contributed by atoms with Crippen LogP contribution in [0.2, 0.25) is 0 Å². The molecule has 0 aliphatic heterocycles. The summed E-state index contributed by atoms with van der Waals surface area (Å²) in [6, 6.07) is 1.90. The molecule has 0 aliphatic rings. The molecule has 6 N–H and O–H groups in total. The van der Waals surface area contributed by atoms with Crippen molar-refractivity contribution in [2.75, 3.05) is 24.7 Å². The number of carbonyl (C=O) groups is 2. The minimum Gasteiger partial charge on any atom is -0.341 e. The van der Waals surface area contributed by atoms with Crippen LogP contribution < -0.4 is 32.4 Å². The van der Waals surface area contributed by atoms with Crippen molar-refractivity contribution in [1.82, 2.24) is 30.6 Å². The van der Waals surface area contributed by atoms with Gasteiger partial charge in [-0.2, -0.15) is 0 Å². The fourth-order valence-corrected chi connectivity index (χ4v) is 1.73. The largest absolute Gasteiger partial charge is 0.341 e. The lowest BCUT2D eigenvalue weighted by Crippen LogP contribution is -2.27. The van der Waals surface area contributed by atoms with Crippen LogP contribution >= 0.6 is 0 Å². The van der Waals surface area contributed by atoms with Crippen LogP contribution in [0.25, 0.3) is 0 Å². The first-order valence-corrected chi connectivity index (χ1v) is 7.93. The molecule has 12 heteroatoms. The van der Waals surface area contributed by atoms with Crippen molar-refractivity contribution < 1.29 is 9.59 Å². The van der Waals surface area contributed by atoms with E-state index < -0.39 is 12.1 Å². The first kappa shape index (κ1) is 21.3. The smallest absolute Gasteiger partial charge is 0.321 e. The highest BCUT2D eigenvalue weighted by atomic mass is 16.2. The zero-order chi connectivity index (χ0) is 20.4. The Morgan fingerprint density at radius 2 is 1.41 bits per heavy atom. The third-order valence-corrected chi connectivity index (χ3v) is 2.94. The van der Waals surface area contributed by atoms with Gasteiger partial charge in [-0.15, -0.1) is 0 Å². The molecular weight excluding hydrogens is 356 g/mol. The van der Waals surface area contributed by atoms with E-state index in [4.69, 9.17) is 0 Å². The molecule has 0 aromatic carbocycles. The predicted octanol–water partition coefficient (Wildman–Crippen LogP) is -0.0868. The van der Waals surface area contributed by atoms with Gasteiger partial charge in [0, 0.05) is 37.6 Å². The number of anilines is 2. The molecule has 4 amide bonds. The average molecular weight is 378 g/mol. The van der Waals surface area contributed by atoms with E-state index in [2.05, 4.69) is 41.2 Å². The van der Waals surface area contributed by atoms with Gasteiger partial charge < -0.3 is 10.6 Å². The van der Waals surface area contributed by atoms with Crippen molar-refractivity contribution in [3.8, 4) is 0 Å². The van der Waals surface area contributed by atoms with Crippen molar-refractivity contribution in [2.45, 2.75) is 20.3 Å². The highest BCUT2D eigenvalue weighted by Crippen LogP contribution is 1.97. The van der Waals surface area contributed by atoms with E-state index in [9.17, 15) is 19.2 Å². The zero-order valence-corrected chi connectivity index (χ0v) is 15.4. The molecule has 0 unspecified atom stereocenters. The number of hydrogen-bond donors (Lipinski definition) is 6. The summed E-state index contributed by atoms with van der Waals surface area (Å²) in [5.41, 5.74) is 0.623. The fraction of sp³-hybridized carbons (Fsp3) is 0.333. The molecule has 0 spiro atoms. The molecule has 0 aliphatic carbocycles. The van der Waals surface area contributed by atoms with Crippen molar-refractivity contribution in [1.29, 1.82) is 0 Å². The number of hydrogen-bond acceptors (Lipinski definition) is 6. The number of H-pyrrole nitrogens is 2. The van der Waals surface area contributed by atoms with Gasteiger partial charge in [-0.1, -0.05) is 6.92 Å². The number of amides is 4. The van der Waals surface area contributed by atoms with Gasteiger partial charge in [0.1, 0.15) is 0 Å². The molecule has 146 valence electrons. The van der Waals surface area contributed by atoms with E-state index in [1.807, 2.05) is 6.92 Å². The third kappa shape index (κ3) is 7.81. The Morgan fingerprint density at radius 1 is 0.926 bits per heavy atom. The summed E-state index contributed by atoms with van der Waals surface area (Å²) in [4.78, 5) is 56.4. The first-order chi connectivity index (χ1) is 12.8. The summed E-state index contributed by atoms with van der Waals surface area (Å²) in [6.45, 7) is 3.55. The maximum Gasteiger partial charge on any atom is 0.321 e. The summed E-state index contributed by atoms with van der Waals surface area (Å²) in [5, 5.41) is 9.45. The molecular formula is C15H22N8O4. The van der Waals surface area contributed by atoms with Crippen LogP contribution in [0.15, 0.2) is 21.7 Å². The Morgan fingerprint density at radius 3 is 1.85 bits per heavy atom. The molecule has 27 heavy (non-hydrogen) atoms. The second kappa shape index (κ2) is 10.3. The number of aromatic nitrogens is 4. The highest BCUT2D eigenvalue weighted by molar-refractivity contribution is 5.87. The quantitative estimate of drug-likeness (QED) is 0.435. The number of urea groups is 2. The summed E-state index contributed by atoms with van der Waals surface area (Å²) in [5.74, 6) is 0.304. The molecule has 0 radical (unpaired) electrons. The lowest BCUT2D eigenvalue weighted by Gasteiger charge is -2.03. The topological polar surface area (TPSA) is 174 Å². The Hall–Kier alpha value is -3.70. The summed E-state index contributed by atoms with van der Waals surface area (Å²) >= 11 is 0. The molecule has 0 fully saturated rings. The van der Waals surface area contributed by atoms with Crippen LogP contribution in [0, 0.1) is 6.92 Å². The lowest BCUT2D eigenvalue weighted by atomic mass is 10.3. The summed E-state index contributed by atoms with van der Waals surface area (Å²) < 4.78 is 0. The second-order valence-electron chi connectivity index (χ2n) is 5.08. The van der Waals surface area contributed by atoms with Crippen LogP contribution in [0.1, 0.15) is 18.3 Å². The molecule has 0 saturated heterocycles. The van der Waals surface area contributed by atoms with Crippen LogP contribution in [0.3, 0.4) is 0 Å². The van der Waals surface area contributed by atoms with E-state index in [0.717, 1.165) is 0 Å². The second-order valence-corrected chi connectivity index (χ2v) is 5.08. The number of nitrogens with zero attached hydrogens (tertiary/aromatic N) is 2. The first-order valence-electron chi connectivity index (χ1n) is 7.93. The average Bonchev–Trinajstić information content (AvgIpc) is 2.60. The van der Waals surface area contributed by atoms with Gasteiger partial charge in [-0.3, -0.25) is 30.2 Å². The number of nitrogens with one attached hydrogen (secondary N) is 6. The number of aromatic amines is 2. The lowest BCUT2D eigenvalue weighted by molar-refractivity contribution is 0.253. The molecule has 0 saturated carbocycles. The van der Waals surface area contributed by atoms with Crippen LogP contribution in [0.4, 0.5) is 21.5 Å². The SMILES string of the molecule is CCc1cc(=O)[nH]c(NC(=O)NC)n1.CNC(=O)Nc1nc(C)cc(=O)[nH]1. The molecule has 0 atom stereocenters. The number of aryl methyl sites for hydroxylation is 2. The van der Waals surface area contributed by atoms with E-state index in [0.29, 0.717) is 17.8 Å². The Bertz CT molecular complexity index is 905. The Labute approximate surface area is 154 Å². The monoisotopic (exact) mass is 378 g/mol. The Kier molecular flexibility index (Phi) is 8.16. The van der Waals surface area contributed by atoms with E-state index in [-0.39, 0.29) is 23.0 Å². The van der Waals surface area contributed by atoms with E-state index in [1.54, 1.807) is 6.92 Å². The minimum absolute atomic E-state index is 0.143. The van der Waals surface area contributed by atoms with Crippen molar-refractivity contribution in [3.05, 3.63) is 44.2 Å². The zero-order valence-electron chi connectivity index (χ0n) is 15.4. The fourth-order valence-electron chi connectivity index (χ4n) is 1.73. The van der Waals surface area contributed by atoms with Crippen molar-refractivity contribution >= 4 is 24.0 Å². The summed E-state index contributed by atoms with van der Waals surface area (Å²) in [6.07, 6.45) is 0.645. The molecule has 2 rings (SSSR count). The van der Waals surface area contributed by atoms with Crippen molar-refractivity contribution in [2.24, 2.45) is 0 Å². The third-order valence-electron chi connectivity index (χ3n) is 2.94. The molecule has 2 aromatic rings. The van der Waals surface area contributed by atoms with Crippen LogP contribution in [-0.2, 0) is 6.42 Å². The molecule has 12 nitrogen and oxygen atoms in total. The van der Waals surface area contributed by atoms with Gasteiger partial charge in [0.2, 0.25) is 11.9 Å². The normalized spacial score (nSPS) is 9.48. The van der Waals surface area contributed by atoms with Crippen LogP contribution in [-0.4, -0.2) is 46.1 Å². The maximum atomic E-state index is 11.1. The minimum atomic E-state index is -0.422. The van der Waals surface area contributed by atoms with Gasteiger partial charge in [0.15, 0.2) is 0 Å². The van der Waals surface area contributed by atoms with E-state index >= 15 is 0 Å². The van der Waals surface area contributed by atoms with Crippen molar-refractivity contribution in [3.63, 3.8) is 0 Å². The van der Waals surface area contributed by atoms with Gasteiger partial charge in [-0.05, 0) is 13.3 Å². The van der Waals surface area contributed by atoms with Gasteiger partial charge in [-0.25, -0.2) is 19.6 Å².